The minimum atomic E-state index is 0.0970. The Kier molecular flexibility index (Phi) is 6.14. The summed E-state index contributed by atoms with van der Waals surface area (Å²) in [7, 11) is 0. The molecule has 0 unspecified atom stereocenters. The van der Waals surface area contributed by atoms with Gasteiger partial charge in [0.15, 0.2) is 0 Å². The molecule has 0 fully saturated rings. The summed E-state index contributed by atoms with van der Waals surface area (Å²) < 4.78 is 2.31. The smallest absolute Gasteiger partial charge is 0.0716 e. The molecule has 1 aliphatic rings. The largest absolute Gasteiger partial charge is 0.396 e. The van der Waals surface area contributed by atoms with Gasteiger partial charge in [-0.1, -0.05) is 102 Å². The van der Waals surface area contributed by atoms with Gasteiger partial charge < -0.3 is 15.2 Å². The number of nitrogen functional groups attached to an aromatic ring is 1. The molecule has 202 valence electrons. The molecule has 5 aromatic rings. The first-order valence-electron chi connectivity index (χ1n) is 14.2. The van der Waals surface area contributed by atoms with Crippen molar-refractivity contribution >= 4 is 34.0 Å². The van der Waals surface area contributed by atoms with Crippen molar-refractivity contribution in [2.75, 3.05) is 10.6 Å². The van der Waals surface area contributed by atoms with E-state index in [1.165, 1.54) is 33.8 Å². The second kappa shape index (κ2) is 9.45. The first kappa shape index (κ1) is 26.0. The Bertz CT molecular complexity index is 1720. The van der Waals surface area contributed by atoms with Crippen LogP contribution in [-0.2, 0) is 17.3 Å². The topological polar surface area (TPSA) is 34.2 Å². The van der Waals surface area contributed by atoms with Crippen molar-refractivity contribution in [1.82, 2.24) is 4.57 Å². The third-order valence-corrected chi connectivity index (χ3v) is 8.13. The molecular weight excluding hydrogens is 486 g/mol. The predicted octanol–water partition coefficient (Wildman–Crippen LogP) is 9.54. The summed E-state index contributed by atoms with van der Waals surface area (Å²) in [5, 5.41) is 1.07. The highest BCUT2D eigenvalue weighted by molar-refractivity contribution is 5.99. The van der Waals surface area contributed by atoms with Crippen LogP contribution >= 0.6 is 0 Å². The normalized spacial score (nSPS) is 14.8. The highest BCUT2D eigenvalue weighted by Crippen LogP contribution is 2.43. The molecule has 0 atom stereocenters. The number of nitrogens with two attached hydrogens (primary N) is 1. The van der Waals surface area contributed by atoms with Crippen molar-refractivity contribution in [2.24, 2.45) is 0 Å². The number of anilines is 3. The molecule has 0 radical (unpaired) electrons. The fraction of sp³-hybridized carbons (Fsp3) is 0.243. The van der Waals surface area contributed by atoms with Crippen LogP contribution in [0.1, 0.15) is 63.9 Å². The fourth-order valence-electron chi connectivity index (χ4n) is 5.81. The SMILES string of the molecule is CC(C)(C)c1ccc(N2/C(=C/c3c(N)c4ccccc4n3-c3ccc(C(C)(C)C)cc3)Cc3ccccc32)cc1. The summed E-state index contributed by atoms with van der Waals surface area (Å²) in [6.45, 7) is 13.5. The summed E-state index contributed by atoms with van der Waals surface area (Å²) in [4.78, 5) is 2.39. The van der Waals surface area contributed by atoms with Gasteiger partial charge in [-0.2, -0.15) is 0 Å². The molecular formula is C37H39N3. The monoisotopic (exact) mass is 525 g/mol. The lowest BCUT2D eigenvalue weighted by Crippen LogP contribution is -2.14. The summed E-state index contributed by atoms with van der Waals surface area (Å²) in [5.41, 5.74) is 18.8. The van der Waals surface area contributed by atoms with Gasteiger partial charge in [0.25, 0.3) is 0 Å². The molecule has 0 aliphatic carbocycles. The van der Waals surface area contributed by atoms with Gasteiger partial charge in [0.05, 0.1) is 16.9 Å². The van der Waals surface area contributed by atoms with Crippen LogP contribution in [-0.4, -0.2) is 4.57 Å². The van der Waals surface area contributed by atoms with E-state index in [1.54, 1.807) is 0 Å². The van der Waals surface area contributed by atoms with Crippen LogP contribution in [0.15, 0.2) is 103 Å². The highest BCUT2D eigenvalue weighted by atomic mass is 15.2. The molecule has 40 heavy (non-hydrogen) atoms. The quantitative estimate of drug-likeness (QED) is 0.254. The van der Waals surface area contributed by atoms with Gasteiger partial charge in [-0.15, -0.1) is 0 Å². The van der Waals surface area contributed by atoms with E-state index in [-0.39, 0.29) is 10.8 Å². The number of hydrogen-bond donors (Lipinski definition) is 1. The van der Waals surface area contributed by atoms with Gasteiger partial charge in [0.2, 0.25) is 0 Å². The van der Waals surface area contributed by atoms with Crippen molar-refractivity contribution < 1.29 is 0 Å². The van der Waals surface area contributed by atoms with Crippen LogP contribution < -0.4 is 10.6 Å². The van der Waals surface area contributed by atoms with Gasteiger partial charge in [-0.05, 0) is 70.0 Å². The first-order chi connectivity index (χ1) is 19.0. The van der Waals surface area contributed by atoms with Crippen molar-refractivity contribution in [3.8, 4) is 5.69 Å². The molecule has 1 aromatic heterocycles. The number of fused-ring (bicyclic) bond motifs is 2. The van der Waals surface area contributed by atoms with Gasteiger partial charge >= 0.3 is 0 Å². The Morgan fingerprint density at radius 1 is 0.650 bits per heavy atom. The number of benzene rings is 4. The molecule has 0 bridgehead atoms. The summed E-state index contributed by atoms with van der Waals surface area (Å²) in [5.74, 6) is 0. The van der Waals surface area contributed by atoms with Gasteiger partial charge in [-0.3, -0.25) is 0 Å². The van der Waals surface area contributed by atoms with E-state index >= 15 is 0 Å². The summed E-state index contributed by atoms with van der Waals surface area (Å²) in [6, 6.07) is 35.1. The van der Waals surface area contributed by atoms with Crippen LogP contribution in [0.25, 0.3) is 22.7 Å². The molecule has 3 heteroatoms. The Morgan fingerprint density at radius 2 is 1.20 bits per heavy atom. The minimum absolute atomic E-state index is 0.0970. The first-order valence-corrected chi connectivity index (χ1v) is 14.2. The zero-order valence-corrected chi connectivity index (χ0v) is 24.5. The Balaban J connectivity index is 1.53. The van der Waals surface area contributed by atoms with E-state index in [0.717, 1.165) is 34.4 Å². The maximum Gasteiger partial charge on any atom is 0.0716 e. The zero-order valence-electron chi connectivity index (χ0n) is 24.5. The average Bonchev–Trinajstić information content (AvgIpc) is 3.43. The highest BCUT2D eigenvalue weighted by Gasteiger charge is 2.27. The number of para-hydroxylation sites is 2. The van der Waals surface area contributed by atoms with E-state index in [1.807, 2.05) is 0 Å². The standard InChI is InChI=1S/C37H39N3/c1-36(2,3)26-15-19-28(20-16-26)39-30(23-25-11-7-9-13-32(25)39)24-34-35(38)31-12-8-10-14-33(31)40(34)29-21-17-27(18-22-29)37(4,5)6/h7-22,24H,23,38H2,1-6H3/b30-24+. The Hall–Kier alpha value is -4.24. The number of aromatic nitrogens is 1. The summed E-state index contributed by atoms with van der Waals surface area (Å²) in [6.07, 6.45) is 3.14. The van der Waals surface area contributed by atoms with Gasteiger partial charge in [0, 0.05) is 34.6 Å². The maximum absolute atomic E-state index is 6.93. The molecule has 6 rings (SSSR count). The molecule has 1 aliphatic heterocycles. The van der Waals surface area contributed by atoms with Crippen molar-refractivity contribution in [1.29, 1.82) is 0 Å². The Morgan fingerprint density at radius 3 is 1.82 bits per heavy atom. The molecule has 2 N–H and O–H groups in total. The summed E-state index contributed by atoms with van der Waals surface area (Å²) >= 11 is 0. The van der Waals surface area contributed by atoms with Crippen LogP contribution in [0.5, 0.6) is 0 Å². The maximum atomic E-state index is 6.93. The minimum Gasteiger partial charge on any atom is -0.396 e. The van der Waals surface area contributed by atoms with Crippen LogP contribution in [0.2, 0.25) is 0 Å². The lowest BCUT2D eigenvalue weighted by Gasteiger charge is -2.25. The molecule has 4 aromatic carbocycles. The lowest BCUT2D eigenvalue weighted by molar-refractivity contribution is 0.590. The zero-order chi connectivity index (χ0) is 28.2. The average molecular weight is 526 g/mol. The number of allylic oxidation sites excluding steroid dienone is 1. The number of hydrogen-bond acceptors (Lipinski definition) is 2. The van der Waals surface area contributed by atoms with Crippen LogP contribution in [0.3, 0.4) is 0 Å². The van der Waals surface area contributed by atoms with Crippen LogP contribution in [0.4, 0.5) is 17.1 Å². The van der Waals surface area contributed by atoms with Crippen molar-refractivity contribution in [3.05, 3.63) is 125 Å². The van der Waals surface area contributed by atoms with E-state index in [4.69, 9.17) is 5.73 Å². The molecule has 0 saturated carbocycles. The molecule has 0 saturated heterocycles. The van der Waals surface area contributed by atoms with Crippen molar-refractivity contribution in [3.63, 3.8) is 0 Å². The third-order valence-electron chi connectivity index (χ3n) is 8.13. The number of rotatable bonds is 3. The molecule has 0 amide bonds. The molecule has 3 nitrogen and oxygen atoms in total. The molecule has 0 spiro atoms. The van der Waals surface area contributed by atoms with Gasteiger partial charge in [0.1, 0.15) is 0 Å². The molecule has 2 heterocycles. The van der Waals surface area contributed by atoms with E-state index < -0.39 is 0 Å². The van der Waals surface area contributed by atoms with E-state index in [9.17, 15) is 0 Å². The second-order valence-electron chi connectivity index (χ2n) is 13.0. The number of nitrogens with zero attached hydrogens (tertiary/aromatic N) is 2. The third kappa shape index (κ3) is 4.50. The van der Waals surface area contributed by atoms with E-state index in [2.05, 4.69) is 154 Å². The van der Waals surface area contributed by atoms with Crippen molar-refractivity contribution in [2.45, 2.75) is 58.8 Å². The predicted molar refractivity (Wildman–Crippen MR) is 172 cm³/mol. The second-order valence-corrected chi connectivity index (χ2v) is 13.0. The van der Waals surface area contributed by atoms with E-state index in [0.29, 0.717) is 0 Å². The fourth-order valence-corrected chi connectivity index (χ4v) is 5.81. The Labute approximate surface area is 238 Å². The lowest BCUT2D eigenvalue weighted by atomic mass is 9.87. The van der Waals surface area contributed by atoms with Gasteiger partial charge in [-0.25, -0.2) is 0 Å². The van der Waals surface area contributed by atoms with Crippen LogP contribution in [0, 0.1) is 0 Å².